The molecule has 0 aliphatic carbocycles. The van der Waals surface area contributed by atoms with E-state index < -0.39 is 23.3 Å². The van der Waals surface area contributed by atoms with E-state index in [-0.39, 0.29) is 18.9 Å². The van der Waals surface area contributed by atoms with Crippen molar-refractivity contribution in [3.05, 3.63) is 12.7 Å². The molecule has 17 heavy (non-hydrogen) atoms. The van der Waals surface area contributed by atoms with Crippen LogP contribution in [0.3, 0.4) is 0 Å². The highest BCUT2D eigenvalue weighted by molar-refractivity contribution is 6.19. The third-order valence-electron chi connectivity index (χ3n) is 2.85. The Morgan fingerprint density at radius 2 is 1.88 bits per heavy atom. The van der Waals surface area contributed by atoms with Gasteiger partial charge in [-0.2, -0.15) is 0 Å². The van der Waals surface area contributed by atoms with Crippen LogP contribution in [0.5, 0.6) is 0 Å². The van der Waals surface area contributed by atoms with Crippen molar-refractivity contribution in [2.24, 2.45) is 5.41 Å². The summed E-state index contributed by atoms with van der Waals surface area (Å²) in [6.07, 6.45) is 1.56. The number of ether oxygens (including phenoxy) is 1. The minimum absolute atomic E-state index is 0.158. The Balaban J connectivity index is 3.03. The molecule has 0 aromatic heterocycles. The van der Waals surface area contributed by atoms with E-state index in [1.54, 1.807) is 6.92 Å². The van der Waals surface area contributed by atoms with Gasteiger partial charge in [0.1, 0.15) is 5.41 Å². The molecule has 6 nitrogen and oxygen atoms in total. The Labute approximate surface area is 99.4 Å². The average molecular weight is 240 g/mol. The van der Waals surface area contributed by atoms with E-state index in [4.69, 9.17) is 4.74 Å². The molecular formula is C11H16N2O4. The van der Waals surface area contributed by atoms with Crippen LogP contribution >= 0.6 is 0 Å². The molecule has 1 heterocycles. The number of methoxy groups -OCH3 is 1. The van der Waals surface area contributed by atoms with Crippen LogP contribution in [0.1, 0.15) is 19.8 Å². The lowest BCUT2D eigenvalue weighted by Crippen LogP contribution is -2.63. The van der Waals surface area contributed by atoms with Crippen LogP contribution in [0.4, 0.5) is 4.79 Å². The van der Waals surface area contributed by atoms with Crippen LogP contribution in [0.25, 0.3) is 0 Å². The summed E-state index contributed by atoms with van der Waals surface area (Å²) in [6.45, 7) is 5.29. The van der Waals surface area contributed by atoms with Crippen molar-refractivity contribution < 1.29 is 19.1 Å². The molecule has 94 valence electrons. The van der Waals surface area contributed by atoms with Gasteiger partial charge in [0.2, 0.25) is 11.8 Å². The smallest absolute Gasteiger partial charge is 0.328 e. The van der Waals surface area contributed by atoms with E-state index in [1.165, 1.54) is 13.2 Å². The van der Waals surface area contributed by atoms with Gasteiger partial charge in [-0.15, -0.1) is 6.58 Å². The Morgan fingerprint density at radius 1 is 1.35 bits per heavy atom. The summed E-state index contributed by atoms with van der Waals surface area (Å²) in [7, 11) is 1.50. The summed E-state index contributed by atoms with van der Waals surface area (Å²) in [5.74, 6) is -1.20. The minimum Gasteiger partial charge on any atom is -0.382 e. The standard InChI is InChI=1S/C11H16N2O4/c1-4-5-11(6-7(2)17-3)8(14)12-10(16)13-9(11)15/h4,7H,1,5-6H2,2-3H3,(H2,12,13,14,15,16). The SMILES string of the molecule is C=CCC1(CC(C)OC)C(=O)NC(=O)NC1=O. The van der Waals surface area contributed by atoms with Crippen LogP contribution in [0.15, 0.2) is 12.7 Å². The quantitative estimate of drug-likeness (QED) is 0.536. The first-order valence-corrected chi connectivity index (χ1v) is 5.27. The van der Waals surface area contributed by atoms with Gasteiger partial charge in [-0.3, -0.25) is 20.2 Å². The number of barbiturate groups is 1. The van der Waals surface area contributed by atoms with Gasteiger partial charge in [-0.25, -0.2) is 4.79 Å². The van der Waals surface area contributed by atoms with E-state index >= 15 is 0 Å². The number of nitrogens with one attached hydrogen (secondary N) is 2. The maximum Gasteiger partial charge on any atom is 0.328 e. The molecule has 1 unspecified atom stereocenters. The second-order valence-electron chi connectivity index (χ2n) is 4.06. The van der Waals surface area contributed by atoms with Crippen LogP contribution in [0.2, 0.25) is 0 Å². The molecule has 1 atom stereocenters. The second-order valence-corrected chi connectivity index (χ2v) is 4.06. The van der Waals surface area contributed by atoms with E-state index in [0.717, 1.165) is 0 Å². The summed E-state index contributed by atoms with van der Waals surface area (Å²) in [5.41, 5.74) is -1.31. The monoisotopic (exact) mass is 240 g/mol. The van der Waals surface area contributed by atoms with Crippen LogP contribution < -0.4 is 10.6 Å². The molecule has 6 heteroatoms. The van der Waals surface area contributed by atoms with Gasteiger partial charge in [-0.05, 0) is 19.8 Å². The van der Waals surface area contributed by atoms with Gasteiger partial charge in [0.05, 0.1) is 6.10 Å². The largest absolute Gasteiger partial charge is 0.382 e. The molecule has 0 aromatic rings. The van der Waals surface area contributed by atoms with Crippen molar-refractivity contribution in [1.29, 1.82) is 0 Å². The number of rotatable bonds is 5. The molecule has 0 saturated carbocycles. The Hall–Kier alpha value is -1.69. The van der Waals surface area contributed by atoms with Gasteiger partial charge >= 0.3 is 6.03 Å². The number of urea groups is 1. The molecule has 1 aliphatic rings. The zero-order valence-corrected chi connectivity index (χ0v) is 9.91. The van der Waals surface area contributed by atoms with Crippen LogP contribution in [-0.2, 0) is 14.3 Å². The van der Waals surface area contributed by atoms with Crippen molar-refractivity contribution >= 4 is 17.8 Å². The fourth-order valence-corrected chi connectivity index (χ4v) is 1.85. The topological polar surface area (TPSA) is 84.5 Å². The number of hydrogen-bond donors (Lipinski definition) is 2. The summed E-state index contributed by atoms with van der Waals surface area (Å²) in [4.78, 5) is 34.8. The van der Waals surface area contributed by atoms with Gasteiger partial charge in [0.25, 0.3) is 0 Å². The first-order valence-electron chi connectivity index (χ1n) is 5.27. The fourth-order valence-electron chi connectivity index (χ4n) is 1.85. The highest BCUT2D eigenvalue weighted by Gasteiger charge is 2.50. The highest BCUT2D eigenvalue weighted by atomic mass is 16.5. The summed E-state index contributed by atoms with van der Waals surface area (Å²) >= 11 is 0. The first-order chi connectivity index (χ1) is 7.96. The molecule has 0 spiro atoms. The van der Waals surface area contributed by atoms with Crippen LogP contribution in [-0.4, -0.2) is 31.1 Å². The van der Waals surface area contributed by atoms with Gasteiger partial charge < -0.3 is 4.74 Å². The number of hydrogen-bond acceptors (Lipinski definition) is 4. The summed E-state index contributed by atoms with van der Waals surface area (Å²) < 4.78 is 5.07. The molecule has 0 bridgehead atoms. The summed E-state index contributed by atoms with van der Waals surface area (Å²) in [6, 6.07) is -0.787. The molecule has 0 radical (unpaired) electrons. The fraction of sp³-hybridized carbons (Fsp3) is 0.545. The third-order valence-corrected chi connectivity index (χ3v) is 2.85. The lowest BCUT2D eigenvalue weighted by Gasteiger charge is -2.34. The molecule has 1 fully saturated rings. The van der Waals surface area contributed by atoms with Gasteiger partial charge in [0.15, 0.2) is 0 Å². The predicted molar refractivity (Wildman–Crippen MR) is 60.0 cm³/mol. The number of imide groups is 2. The van der Waals surface area contributed by atoms with Gasteiger partial charge in [0, 0.05) is 7.11 Å². The van der Waals surface area contributed by atoms with Crippen molar-refractivity contribution in [3.63, 3.8) is 0 Å². The first kappa shape index (κ1) is 13.4. The van der Waals surface area contributed by atoms with E-state index in [2.05, 4.69) is 17.2 Å². The highest BCUT2D eigenvalue weighted by Crippen LogP contribution is 2.32. The van der Waals surface area contributed by atoms with E-state index in [0.29, 0.717) is 0 Å². The molecule has 1 aliphatic heterocycles. The third kappa shape index (κ3) is 2.52. The molecule has 4 amide bonds. The lowest BCUT2D eigenvalue weighted by molar-refractivity contribution is -0.146. The van der Waals surface area contributed by atoms with Crippen molar-refractivity contribution in [2.75, 3.05) is 7.11 Å². The van der Waals surface area contributed by atoms with E-state index in [9.17, 15) is 14.4 Å². The van der Waals surface area contributed by atoms with Crippen LogP contribution in [0, 0.1) is 5.41 Å². The van der Waals surface area contributed by atoms with Gasteiger partial charge in [-0.1, -0.05) is 6.08 Å². The number of amides is 4. The number of carbonyl (C=O) groups is 3. The zero-order chi connectivity index (χ0) is 13.1. The average Bonchev–Trinajstić information content (AvgIpc) is 2.25. The van der Waals surface area contributed by atoms with Crippen molar-refractivity contribution in [2.45, 2.75) is 25.9 Å². The molecule has 0 aromatic carbocycles. The summed E-state index contributed by atoms with van der Waals surface area (Å²) in [5, 5.41) is 4.20. The molecule has 1 saturated heterocycles. The second kappa shape index (κ2) is 5.09. The normalized spacial score (nSPS) is 20.5. The molecular weight excluding hydrogens is 224 g/mol. The number of allylic oxidation sites excluding steroid dienone is 1. The lowest BCUT2D eigenvalue weighted by atomic mass is 9.76. The molecule has 1 rings (SSSR count). The Bertz CT molecular complexity index is 344. The van der Waals surface area contributed by atoms with Crippen molar-refractivity contribution in [1.82, 2.24) is 10.6 Å². The maximum atomic E-state index is 11.9. The zero-order valence-electron chi connectivity index (χ0n) is 9.91. The molecule has 2 N–H and O–H groups in total. The number of carbonyl (C=O) groups excluding carboxylic acids is 3. The maximum absolute atomic E-state index is 11.9. The van der Waals surface area contributed by atoms with E-state index in [1.807, 2.05) is 0 Å². The minimum atomic E-state index is -1.31. The predicted octanol–water partition coefficient (Wildman–Crippen LogP) is 0.340. The Morgan fingerprint density at radius 3 is 2.29 bits per heavy atom. The van der Waals surface area contributed by atoms with Crippen molar-refractivity contribution in [3.8, 4) is 0 Å². The Kier molecular flexibility index (Phi) is 4.01.